The Morgan fingerprint density at radius 1 is 1.06 bits per heavy atom. The lowest BCUT2D eigenvalue weighted by Crippen LogP contribution is -2.25. The molecule has 0 fully saturated rings. The molecule has 4 rings (SSSR count). The number of aromatic nitrogens is 2. The number of benzene rings is 2. The van der Waals surface area contributed by atoms with Crippen molar-refractivity contribution in [3.05, 3.63) is 82.4 Å². The molecule has 2 aromatic carbocycles. The van der Waals surface area contributed by atoms with E-state index in [2.05, 4.69) is 10.1 Å². The number of ketones is 1. The maximum Gasteiger partial charge on any atom is 0.342 e. The fourth-order valence-electron chi connectivity index (χ4n) is 3.69. The van der Waals surface area contributed by atoms with Gasteiger partial charge in [0, 0.05) is 22.2 Å². The molecule has 0 amide bonds. The lowest BCUT2D eigenvalue weighted by atomic mass is 10.0. The summed E-state index contributed by atoms with van der Waals surface area (Å²) in [5.41, 5.74) is 3.94. The third kappa shape index (κ3) is 4.01. The highest BCUT2D eigenvalue weighted by molar-refractivity contribution is 6.11. The number of aryl methyl sites for hydroxylation is 3. The van der Waals surface area contributed by atoms with Crippen LogP contribution in [0.1, 0.15) is 50.4 Å². The van der Waals surface area contributed by atoms with Gasteiger partial charge in [0.1, 0.15) is 23.7 Å². The Kier molecular flexibility index (Phi) is 5.81. The van der Waals surface area contributed by atoms with E-state index in [1.807, 2.05) is 38.1 Å². The summed E-state index contributed by atoms with van der Waals surface area (Å²) in [5, 5.41) is 4.72. The van der Waals surface area contributed by atoms with Gasteiger partial charge >= 0.3 is 5.97 Å². The lowest BCUT2D eigenvalue weighted by molar-refractivity contribution is 0.0315. The van der Waals surface area contributed by atoms with Crippen LogP contribution < -0.4 is 4.74 Å². The molecule has 0 spiro atoms. The van der Waals surface area contributed by atoms with E-state index in [0.717, 1.165) is 27.9 Å². The Balaban J connectivity index is 1.51. The van der Waals surface area contributed by atoms with E-state index in [0.29, 0.717) is 17.1 Å². The molecular weight excluding hydrogens is 408 g/mol. The number of fused-ring (bicyclic) bond motifs is 1. The minimum absolute atomic E-state index is 0.203. The Morgan fingerprint density at radius 3 is 2.53 bits per heavy atom. The monoisotopic (exact) mass is 432 g/mol. The largest absolute Gasteiger partial charge is 0.488 e. The summed E-state index contributed by atoms with van der Waals surface area (Å²) in [6, 6.07) is 14.3. The Labute approximate surface area is 185 Å². The van der Waals surface area contributed by atoms with Gasteiger partial charge in [-0.3, -0.25) is 4.79 Å². The number of hydrogen-bond donors (Lipinski definition) is 1. The van der Waals surface area contributed by atoms with Crippen LogP contribution in [0.3, 0.4) is 0 Å². The van der Waals surface area contributed by atoms with Crippen LogP contribution in [0.4, 0.5) is 0 Å². The van der Waals surface area contributed by atoms with Crippen molar-refractivity contribution in [2.24, 2.45) is 0 Å². The smallest absolute Gasteiger partial charge is 0.342 e. The topological polar surface area (TPSA) is 94.4 Å². The Bertz CT molecular complexity index is 1280. The van der Waals surface area contributed by atoms with Gasteiger partial charge in [-0.05, 0) is 45.9 Å². The van der Waals surface area contributed by atoms with Crippen LogP contribution in [0.15, 0.2) is 53.1 Å². The van der Waals surface area contributed by atoms with Crippen LogP contribution >= 0.6 is 0 Å². The molecule has 2 heterocycles. The maximum absolute atomic E-state index is 13.1. The first-order chi connectivity index (χ1) is 15.4. The standard InChI is InChI=1S/C25H24N2O5/c1-14-20(16(3)32-27-14)13-30-22-12-8-6-10-19(22)25(29)31-17(4)24(28)23-15(2)26-21-11-7-5-9-18(21)23/h5-12,17,26H,13H2,1-4H3. The molecule has 0 aliphatic rings. The van der Waals surface area contributed by atoms with Crippen molar-refractivity contribution < 1.29 is 23.6 Å². The van der Waals surface area contributed by atoms with Gasteiger partial charge in [-0.2, -0.15) is 0 Å². The summed E-state index contributed by atoms with van der Waals surface area (Å²) < 4.78 is 16.6. The minimum atomic E-state index is -0.962. The van der Waals surface area contributed by atoms with Crippen molar-refractivity contribution in [3.8, 4) is 5.75 Å². The Morgan fingerprint density at radius 2 is 1.78 bits per heavy atom. The van der Waals surface area contributed by atoms with Crippen molar-refractivity contribution in [1.82, 2.24) is 10.1 Å². The number of para-hydroxylation sites is 2. The second-order valence-corrected chi connectivity index (χ2v) is 7.67. The number of carbonyl (C=O) groups is 2. The second-order valence-electron chi connectivity index (χ2n) is 7.67. The second kappa shape index (κ2) is 8.70. The first kappa shape index (κ1) is 21.4. The van der Waals surface area contributed by atoms with Crippen molar-refractivity contribution in [2.75, 3.05) is 0 Å². The number of carbonyl (C=O) groups excluding carboxylic acids is 2. The van der Waals surface area contributed by atoms with Crippen LogP contribution in [0.25, 0.3) is 10.9 Å². The SMILES string of the molecule is Cc1noc(C)c1COc1ccccc1C(=O)OC(C)C(=O)c1c(C)[nH]c2ccccc12. The summed E-state index contributed by atoms with van der Waals surface area (Å²) >= 11 is 0. The predicted molar refractivity (Wildman–Crippen MR) is 119 cm³/mol. The summed E-state index contributed by atoms with van der Waals surface area (Å²) in [6.07, 6.45) is -0.962. The van der Waals surface area contributed by atoms with E-state index >= 15 is 0 Å². The molecule has 1 unspecified atom stereocenters. The third-order valence-electron chi connectivity index (χ3n) is 5.45. The normalized spacial score (nSPS) is 12.0. The zero-order valence-corrected chi connectivity index (χ0v) is 18.4. The van der Waals surface area contributed by atoms with Crippen LogP contribution in [-0.2, 0) is 11.3 Å². The van der Waals surface area contributed by atoms with Crippen molar-refractivity contribution >= 4 is 22.7 Å². The van der Waals surface area contributed by atoms with Crippen molar-refractivity contribution in [2.45, 2.75) is 40.4 Å². The number of H-pyrrole nitrogens is 1. The molecule has 1 N–H and O–H groups in total. The molecule has 2 aromatic heterocycles. The van der Waals surface area contributed by atoms with E-state index in [4.69, 9.17) is 14.0 Å². The number of hydrogen-bond acceptors (Lipinski definition) is 6. The van der Waals surface area contributed by atoms with Gasteiger partial charge < -0.3 is 19.0 Å². The van der Waals surface area contributed by atoms with Crippen molar-refractivity contribution in [3.63, 3.8) is 0 Å². The quantitative estimate of drug-likeness (QED) is 0.323. The van der Waals surface area contributed by atoms with Gasteiger partial charge in [-0.25, -0.2) is 4.79 Å². The summed E-state index contributed by atoms with van der Waals surface area (Å²) in [7, 11) is 0. The van der Waals surface area contributed by atoms with E-state index < -0.39 is 12.1 Å². The zero-order chi connectivity index (χ0) is 22.8. The van der Waals surface area contributed by atoms with Gasteiger partial charge in [0.05, 0.1) is 11.3 Å². The average Bonchev–Trinajstić information content (AvgIpc) is 3.29. The van der Waals surface area contributed by atoms with Crippen LogP contribution in [0, 0.1) is 20.8 Å². The molecule has 7 nitrogen and oxygen atoms in total. The van der Waals surface area contributed by atoms with E-state index in [-0.39, 0.29) is 18.0 Å². The molecule has 1 atom stereocenters. The number of aromatic amines is 1. The fraction of sp³-hybridized carbons (Fsp3) is 0.240. The van der Waals surface area contributed by atoms with E-state index in [1.54, 1.807) is 38.1 Å². The molecule has 0 radical (unpaired) electrons. The molecule has 164 valence electrons. The molecule has 4 aromatic rings. The third-order valence-corrected chi connectivity index (χ3v) is 5.45. The Hall–Kier alpha value is -3.87. The average molecular weight is 432 g/mol. The zero-order valence-electron chi connectivity index (χ0n) is 18.4. The molecule has 0 saturated heterocycles. The molecule has 32 heavy (non-hydrogen) atoms. The van der Waals surface area contributed by atoms with Crippen molar-refractivity contribution in [1.29, 1.82) is 0 Å². The summed E-state index contributed by atoms with van der Waals surface area (Å²) in [4.78, 5) is 29.2. The van der Waals surface area contributed by atoms with Gasteiger partial charge in [-0.1, -0.05) is 35.5 Å². The summed E-state index contributed by atoms with van der Waals surface area (Å²) in [6.45, 7) is 7.25. The first-order valence-electron chi connectivity index (χ1n) is 10.3. The number of nitrogens with one attached hydrogen (secondary N) is 1. The number of ether oxygens (including phenoxy) is 2. The molecule has 7 heteroatoms. The predicted octanol–water partition coefficient (Wildman–Crippen LogP) is 5.09. The first-order valence-corrected chi connectivity index (χ1v) is 10.3. The van der Waals surface area contributed by atoms with Gasteiger partial charge in [0.15, 0.2) is 6.10 Å². The highest BCUT2D eigenvalue weighted by Gasteiger charge is 2.26. The van der Waals surface area contributed by atoms with E-state index in [9.17, 15) is 9.59 Å². The minimum Gasteiger partial charge on any atom is -0.488 e. The maximum atomic E-state index is 13.1. The number of esters is 1. The van der Waals surface area contributed by atoms with E-state index in [1.165, 1.54) is 0 Å². The van der Waals surface area contributed by atoms with Crippen LogP contribution in [-0.4, -0.2) is 28.0 Å². The molecule has 0 saturated carbocycles. The van der Waals surface area contributed by atoms with Crippen LogP contribution in [0.5, 0.6) is 5.75 Å². The molecule has 0 aliphatic heterocycles. The molecular formula is C25H24N2O5. The van der Waals surface area contributed by atoms with Crippen LogP contribution in [0.2, 0.25) is 0 Å². The molecule has 0 bridgehead atoms. The summed E-state index contributed by atoms with van der Waals surface area (Å²) in [5.74, 6) is 0.136. The van der Waals surface area contributed by atoms with Gasteiger partial charge in [-0.15, -0.1) is 0 Å². The van der Waals surface area contributed by atoms with Gasteiger partial charge in [0.2, 0.25) is 5.78 Å². The fourth-order valence-corrected chi connectivity index (χ4v) is 3.69. The number of rotatable bonds is 7. The number of nitrogens with zero attached hydrogens (tertiary/aromatic N) is 1. The molecule has 0 aliphatic carbocycles. The van der Waals surface area contributed by atoms with Gasteiger partial charge in [0.25, 0.3) is 0 Å². The number of Topliss-reactive ketones (excluding diaryl/α,β-unsaturated/α-hetero) is 1. The highest BCUT2D eigenvalue weighted by Crippen LogP contribution is 2.26. The highest BCUT2D eigenvalue weighted by atomic mass is 16.5. The lowest BCUT2D eigenvalue weighted by Gasteiger charge is -2.15.